The average Bonchev–Trinajstić information content (AvgIpc) is 3.44. The molecule has 192 valence electrons. The largest absolute Gasteiger partial charge is 0.208 e. The highest BCUT2D eigenvalue weighted by Crippen LogP contribution is 2.40. The number of benzene rings is 6. The Morgan fingerprint density at radius 2 is 0.878 bits per heavy atom. The van der Waals surface area contributed by atoms with Crippen molar-refractivity contribution in [1.82, 2.24) is 15.0 Å². The molecule has 0 bridgehead atoms. The Kier molecular flexibility index (Phi) is 5.64. The van der Waals surface area contributed by atoms with Crippen molar-refractivity contribution in [3.05, 3.63) is 140 Å². The summed E-state index contributed by atoms with van der Waals surface area (Å²) in [4.78, 5) is 14.6. The van der Waals surface area contributed by atoms with Crippen molar-refractivity contribution in [1.29, 1.82) is 0 Å². The number of aromatic nitrogens is 3. The average molecular weight is 542 g/mol. The van der Waals surface area contributed by atoms with Gasteiger partial charge in [-0.15, -0.1) is 11.3 Å². The van der Waals surface area contributed by atoms with Gasteiger partial charge in [0, 0.05) is 36.9 Å². The van der Waals surface area contributed by atoms with Gasteiger partial charge >= 0.3 is 0 Å². The van der Waals surface area contributed by atoms with Gasteiger partial charge in [-0.1, -0.05) is 133 Å². The van der Waals surface area contributed by atoms with Crippen LogP contribution in [0.15, 0.2) is 140 Å². The van der Waals surface area contributed by atoms with Crippen LogP contribution in [0.4, 0.5) is 0 Å². The third-order valence-electron chi connectivity index (χ3n) is 7.54. The highest BCUT2D eigenvalue weighted by atomic mass is 32.1. The molecule has 0 aliphatic carbocycles. The molecule has 8 rings (SSSR count). The SMILES string of the molecule is c1ccc(-c2nc(-c3ccccc3)nc(-c3ccc(-c4ccc5c(c4)sc4c6ccccc6ccc54)cc3)n2)cc1. The van der Waals surface area contributed by atoms with Crippen molar-refractivity contribution in [3.63, 3.8) is 0 Å². The van der Waals surface area contributed by atoms with Crippen LogP contribution in [0.3, 0.4) is 0 Å². The lowest BCUT2D eigenvalue weighted by Gasteiger charge is -2.09. The standard InChI is InChI=1S/C37H23N3S/c1-3-10-26(11-4-1)35-38-36(27-12-5-2-6-13-27)40-37(39-35)28-17-15-24(16-18-28)29-20-21-31-32-22-19-25-9-7-8-14-30(25)34(32)41-33(31)23-29/h1-23H. The molecular weight excluding hydrogens is 518 g/mol. The van der Waals surface area contributed by atoms with Crippen LogP contribution in [-0.2, 0) is 0 Å². The Labute approximate surface area is 241 Å². The number of rotatable bonds is 4. The monoisotopic (exact) mass is 541 g/mol. The van der Waals surface area contributed by atoms with Crippen molar-refractivity contribution >= 4 is 42.3 Å². The smallest absolute Gasteiger partial charge is 0.164 e. The van der Waals surface area contributed by atoms with E-state index in [0.29, 0.717) is 17.5 Å². The number of hydrogen-bond acceptors (Lipinski definition) is 4. The van der Waals surface area contributed by atoms with E-state index in [0.717, 1.165) is 16.7 Å². The molecule has 0 spiro atoms. The van der Waals surface area contributed by atoms with Gasteiger partial charge in [0.05, 0.1) is 0 Å². The van der Waals surface area contributed by atoms with E-state index in [1.807, 2.05) is 72.0 Å². The number of hydrogen-bond donors (Lipinski definition) is 0. The Morgan fingerprint density at radius 3 is 1.54 bits per heavy atom. The van der Waals surface area contributed by atoms with Gasteiger partial charge in [-0.05, 0) is 28.0 Å². The molecule has 0 saturated carbocycles. The molecule has 0 N–H and O–H groups in total. The zero-order valence-electron chi connectivity index (χ0n) is 22.0. The van der Waals surface area contributed by atoms with E-state index in [4.69, 9.17) is 15.0 Å². The maximum atomic E-state index is 4.87. The van der Waals surface area contributed by atoms with Crippen molar-refractivity contribution < 1.29 is 0 Å². The molecular formula is C37H23N3S. The van der Waals surface area contributed by atoms with Crippen LogP contribution >= 0.6 is 11.3 Å². The van der Waals surface area contributed by atoms with Crippen LogP contribution in [0, 0.1) is 0 Å². The first-order valence-corrected chi connectivity index (χ1v) is 14.4. The van der Waals surface area contributed by atoms with Crippen molar-refractivity contribution in [2.45, 2.75) is 0 Å². The Hall–Kier alpha value is -5.19. The molecule has 8 aromatic rings. The summed E-state index contributed by atoms with van der Waals surface area (Å²) < 4.78 is 2.65. The van der Waals surface area contributed by atoms with Gasteiger partial charge in [0.1, 0.15) is 0 Å². The molecule has 3 nitrogen and oxygen atoms in total. The summed E-state index contributed by atoms with van der Waals surface area (Å²) in [6, 6.07) is 48.6. The van der Waals surface area contributed by atoms with Crippen LogP contribution in [0.2, 0.25) is 0 Å². The molecule has 0 radical (unpaired) electrons. The molecule has 0 atom stereocenters. The number of thiophene rings is 1. The zero-order valence-corrected chi connectivity index (χ0v) is 22.8. The van der Waals surface area contributed by atoms with E-state index in [1.165, 1.54) is 42.1 Å². The van der Waals surface area contributed by atoms with Crippen LogP contribution in [0.25, 0.3) is 76.2 Å². The predicted molar refractivity (Wildman–Crippen MR) is 172 cm³/mol. The molecule has 0 unspecified atom stereocenters. The van der Waals surface area contributed by atoms with Crippen LogP contribution in [0.5, 0.6) is 0 Å². The Balaban J connectivity index is 1.19. The third-order valence-corrected chi connectivity index (χ3v) is 8.74. The van der Waals surface area contributed by atoms with Crippen LogP contribution < -0.4 is 0 Å². The van der Waals surface area contributed by atoms with E-state index in [2.05, 4.69) is 78.9 Å². The van der Waals surface area contributed by atoms with Gasteiger partial charge in [0.2, 0.25) is 0 Å². The molecule has 2 heterocycles. The van der Waals surface area contributed by atoms with E-state index >= 15 is 0 Å². The van der Waals surface area contributed by atoms with Gasteiger partial charge < -0.3 is 0 Å². The van der Waals surface area contributed by atoms with Gasteiger partial charge in [-0.3, -0.25) is 0 Å². The fraction of sp³-hybridized carbons (Fsp3) is 0. The second kappa shape index (κ2) is 9.77. The Morgan fingerprint density at radius 1 is 0.366 bits per heavy atom. The molecule has 0 aliphatic rings. The zero-order chi connectivity index (χ0) is 27.2. The Bertz CT molecular complexity index is 2130. The topological polar surface area (TPSA) is 38.7 Å². The molecule has 2 aromatic heterocycles. The second-order valence-electron chi connectivity index (χ2n) is 10.1. The van der Waals surface area contributed by atoms with Crippen molar-refractivity contribution in [3.8, 4) is 45.3 Å². The summed E-state index contributed by atoms with van der Waals surface area (Å²) in [7, 11) is 0. The molecule has 0 saturated heterocycles. The predicted octanol–water partition coefficient (Wildman–Crippen LogP) is 10.1. The fourth-order valence-electron chi connectivity index (χ4n) is 5.43. The number of fused-ring (bicyclic) bond motifs is 5. The normalized spacial score (nSPS) is 11.4. The van der Waals surface area contributed by atoms with Crippen LogP contribution in [-0.4, -0.2) is 15.0 Å². The second-order valence-corrected chi connectivity index (χ2v) is 11.1. The summed E-state index contributed by atoms with van der Waals surface area (Å²) in [5.74, 6) is 2.00. The van der Waals surface area contributed by atoms with E-state index in [1.54, 1.807) is 0 Å². The summed E-state index contributed by atoms with van der Waals surface area (Å²) in [5, 5.41) is 5.23. The first-order chi connectivity index (χ1) is 20.3. The molecule has 0 fully saturated rings. The van der Waals surface area contributed by atoms with E-state index < -0.39 is 0 Å². The maximum Gasteiger partial charge on any atom is 0.164 e. The highest BCUT2D eigenvalue weighted by Gasteiger charge is 2.13. The first kappa shape index (κ1) is 23.7. The van der Waals surface area contributed by atoms with Crippen molar-refractivity contribution in [2.75, 3.05) is 0 Å². The summed E-state index contributed by atoms with van der Waals surface area (Å²) in [6.07, 6.45) is 0. The number of nitrogens with zero attached hydrogens (tertiary/aromatic N) is 3. The molecule has 6 aromatic carbocycles. The van der Waals surface area contributed by atoms with Crippen LogP contribution in [0.1, 0.15) is 0 Å². The highest BCUT2D eigenvalue weighted by molar-refractivity contribution is 7.26. The lowest BCUT2D eigenvalue weighted by molar-refractivity contribution is 1.07. The summed E-state index contributed by atoms with van der Waals surface area (Å²) in [6.45, 7) is 0. The summed E-state index contributed by atoms with van der Waals surface area (Å²) >= 11 is 1.87. The van der Waals surface area contributed by atoms with Crippen molar-refractivity contribution in [2.24, 2.45) is 0 Å². The summed E-state index contributed by atoms with van der Waals surface area (Å²) in [5.41, 5.74) is 5.26. The van der Waals surface area contributed by atoms with E-state index in [-0.39, 0.29) is 0 Å². The minimum Gasteiger partial charge on any atom is -0.208 e. The lowest BCUT2D eigenvalue weighted by Crippen LogP contribution is -2.00. The molecule has 41 heavy (non-hydrogen) atoms. The maximum absolute atomic E-state index is 4.87. The fourth-order valence-corrected chi connectivity index (χ4v) is 6.71. The molecule has 0 amide bonds. The van der Waals surface area contributed by atoms with Gasteiger partial charge in [0.25, 0.3) is 0 Å². The van der Waals surface area contributed by atoms with Gasteiger partial charge in [0.15, 0.2) is 17.5 Å². The first-order valence-electron chi connectivity index (χ1n) is 13.6. The third kappa shape index (κ3) is 4.26. The minimum atomic E-state index is 0.663. The molecule has 0 aliphatic heterocycles. The lowest BCUT2D eigenvalue weighted by atomic mass is 10.0. The minimum absolute atomic E-state index is 0.663. The van der Waals surface area contributed by atoms with Gasteiger partial charge in [-0.2, -0.15) is 0 Å². The molecule has 4 heteroatoms. The van der Waals surface area contributed by atoms with E-state index in [9.17, 15) is 0 Å². The quantitative estimate of drug-likeness (QED) is 0.222. The van der Waals surface area contributed by atoms with Gasteiger partial charge in [-0.25, -0.2) is 15.0 Å².